The molecule has 0 bridgehead atoms. The first-order chi connectivity index (χ1) is 16.9. The molecular weight excluding hydrogens is 475 g/mol. The molecule has 0 saturated heterocycles. The normalized spacial score (nSPS) is 10.6. The largest absolute Gasteiger partial charge is 0.489 e. The van der Waals surface area contributed by atoms with Crippen molar-refractivity contribution in [1.29, 1.82) is 0 Å². The Labute approximate surface area is 205 Å². The summed E-state index contributed by atoms with van der Waals surface area (Å²) in [6.45, 7) is -0.0639. The molecule has 178 valence electrons. The third-order valence-electron chi connectivity index (χ3n) is 5.19. The fraction of sp³-hybridized carbons (Fsp3) is 0.115. The molecule has 4 aromatic rings. The standard InChI is InChI=1S/C26H20ClFN2O5/c1-33-25(31)21-23(29-30(24(21)26(32)34-2)18-10-4-3-5-11-18)16-8-6-12-19(14-16)35-15-17-9-7-13-20(27)22(17)28/h3-14H,15H2,1-2H3. The van der Waals surface area contributed by atoms with E-state index in [0.29, 0.717) is 22.6 Å². The first-order valence-electron chi connectivity index (χ1n) is 10.5. The van der Waals surface area contributed by atoms with Gasteiger partial charge in [0.1, 0.15) is 29.4 Å². The fourth-order valence-electron chi connectivity index (χ4n) is 3.51. The second-order valence-electron chi connectivity index (χ2n) is 7.33. The van der Waals surface area contributed by atoms with Gasteiger partial charge < -0.3 is 14.2 Å². The number of carbonyl (C=O) groups excluding carboxylic acids is 2. The number of para-hydroxylation sites is 1. The zero-order valence-corrected chi connectivity index (χ0v) is 19.6. The highest BCUT2D eigenvalue weighted by Gasteiger charge is 2.31. The summed E-state index contributed by atoms with van der Waals surface area (Å²) in [6, 6.07) is 20.2. The maximum atomic E-state index is 14.2. The highest BCUT2D eigenvalue weighted by molar-refractivity contribution is 6.30. The number of hydrogen-bond donors (Lipinski definition) is 0. The maximum absolute atomic E-state index is 14.2. The minimum absolute atomic E-state index is 0.00404. The second kappa shape index (κ2) is 10.4. The van der Waals surface area contributed by atoms with Crippen molar-refractivity contribution >= 4 is 23.5 Å². The van der Waals surface area contributed by atoms with Gasteiger partial charge in [0.15, 0.2) is 5.69 Å². The summed E-state index contributed by atoms with van der Waals surface area (Å²) in [4.78, 5) is 25.5. The SMILES string of the molecule is COC(=O)c1c(-c2cccc(OCc3cccc(Cl)c3F)c2)nn(-c2ccccc2)c1C(=O)OC. The zero-order valence-electron chi connectivity index (χ0n) is 18.8. The van der Waals surface area contributed by atoms with Crippen molar-refractivity contribution in [2.75, 3.05) is 14.2 Å². The number of aromatic nitrogens is 2. The first-order valence-corrected chi connectivity index (χ1v) is 10.8. The highest BCUT2D eigenvalue weighted by atomic mass is 35.5. The number of carbonyl (C=O) groups is 2. The van der Waals surface area contributed by atoms with Gasteiger partial charge in [0.25, 0.3) is 0 Å². The van der Waals surface area contributed by atoms with Gasteiger partial charge in [-0.15, -0.1) is 0 Å². The number of ether oxygens (including phenoxy) is 3. The number of hydrogen-bond acceptors (Lipinski definition) is 6. The molecule has 0 aliphatic heterocycles. The van der Waals surface area contributed by atoms with E-state index in [9.17, 15) is 14.0 Å². The summed E-state index contributed by atoms with van der Waals surface area (Å²) in [6.07, 6.45) is 0. The van der Waals surface area contributed by atoms with E-state index < -0.39 is 17.8 Å². The average molecular weight is 495 g/mol. The van der Waals surface area contributed by atoms with Crippen molar-refractivity contribution in [3.05, 3.63) is 100 Å². The fourth-order valence-corrected chi connectivity index (χ4v) is 3.71. The van der Waals surface area contributed by atoms with E-state index in [4.69, 9.17) is 25.8 Å². The molecule has 0 saturated carbocycles. The average Bonchev–Trinajstić information content (AvgIpc) is 3.30. The minimum atomic E-state index is -0.755. The number of methoxy groups -OCH3 is 2. The molecule has 9 heteroatoms. The smallest absolute Gasteiger partial charge is 0.357 e. The van der Waals surface area contributed by atoms with Gasteiger partial charge in [0.05, 0.1) is 24.9 Å². The molecule has 0 unspecified atom stereocenters. The Balaban J connectivity index is 1.79. The number of nitrogens with zero attached hydrogens (tertiary/aromatic N) is 2. The molecule has 1 aromatic heterocycles. The van der Waals surface area contributed by atoms with Gasteiger partial charge in [-0.2, -0.15) is 5.10 Å². The molecule has 0 aliphatic rings. The predicted octanol–water partition coefficient (Wildman–Crippen LogP) is 5.48. The molecule has 1 heterocycles. The molecule has 0 spiro atoms. The minimum Gasteiger partial charge on any atom is -0.489 e. The van der Waals surface area contributed by atoms with Gasteiger partial charge in [0, 0.05) is 11.1 Å². The van der Waals surface area contributed by atoms with Crippen molar-refractivity contribution in [3.8, 4) is 22.7 Å². The Bertz CT molecular complexity index is 1390. The van der Waals surface area contributed by atoms with E-state index in [1.807, 2.05) is 6.07 Å². The van der Waals surface area contributed by atoms with E-state index in [1.54, 1.807) is 60.7 Å². The van der Waals surface area contributed by atoms with Crippen LogP contribution < -0.4 is 4.74 Å². The molecule has 0 fully saturated rings. The van der Waals surface area contributed by atoms with Crippen LogP contribution in [0.4, 0.5) is 4.39 Å². The van der Waals surface area contributed by atoms with E-state index in [0.717, 1.165) is 0 Å². The summed E-state index contributed by atoms with van der Waals surface area (Å²) in [7, 11) is 2.43. The lowest BCUT2D eigenvalue weighted by Gasteiger charge is -2.09. The summed E-state index contributed by atoms with van der Waals surface area (Å²) in [5, 5.41) is 4.56. The quantitative estimate of drug-likeness (QED) is 0.316. The van der Waals surface area contributed by atoms with Crippen LogP contribution in [0.3, 0.4) is 0 Å². The Kier molecular flexibility index (Phi) is 7.12. The Hall–Kier alpha value is -4.17. The zero-order chi connectivity index (χ0) is 24.9. The van der Waals surface area contributed by atoms with Gasteiger partial charge in [-0.3, -0.25) is 0 Å². The maximum Gasteiger partial charge on any atom is 0.357 e. The molecule has 0 atom stereocenters. The third-order valence-corrected chi connectivity index (χ3v) is 5.48. The van der Waals surface area contributed by atoms with E-state index >= 15 is 0 Å². The molecule has 0 amide bonds. The third kappa shape index (κ3) is 4.88. The van der Waals surface area contributed by atoms with Crippen molar-refractivity contribution in [3.63, 3.8) is 0 Å². The first kappa shape index (κ1) is 24.0. The van der Waals surface area contributed by atoms with Crippen LogP contribution in [0, 0.1) is 5.82 Å². The van der Waals surface area contributed by atoms with Crippen LogP contribution in [-0.4, -0.2) is 35.9 Å². The lowest BCUT2D eigenvalue weighted by atomic mass is 10.1. The lowest BCUT2D eigenvalue weighted by Crippen LogP contribution is -2.15. The molecule has 35 heavy (non-hydrogen) atoms. The topological polar surface area (TPSA) is 79.7 Å². The second-order valence-corrected chi connectivity index (χ2v) is 7.74. The lowest BCUT2D eigenvalue weighted by molar-refractivity contribution is 0.0549. The van der Waals surface area contributed by atoms with Gasteiger partial charge in [-0.05, 0) is 30.3 Å². The van der Waals surface area contributed by atoms with Crippen molar-refractivity contribution in [2.24, 2.45) is 0 Å². The Morgan fingerprint density at radius 2 is 1.66 bits per heavy atom. The number of halogens is 2. The summed E-state index contributed by atoms with van der Waals surface area (Å²) in [5.74, 6) is -1.67. The van der Waals surface area contributed by atoms with Crippen LogP contribution in [0.25, 0.3) is 16.9 Å². The van der Waals surface area contributed by atoms with Crippen LogP contribution in [-0.2, 0) is 16.1 Å². The molecule has 0 radical (unpaired) electrons. The molecule has 3 aromatic carbocycles. The van der Waals surface area contributed by atoms with Crippen molar-refractivity contribution in [2.45, 2.75) is 6.61 Å². The molecule has 7 nitrogen and oxygen atoms in total. The molecule has 0 aliphatic carbocycles. The van der Waals surface area contributed by atoms with Crippen LogP contribution in [0.1, 0.15) is 26.4 Å². The number of rotatable bonds is 7. The van der Waals surface area contributed by atoms with Gasteiger partial charge in [-0.25, -0.2) is 18.7 Å². The van der Waals surface area contributed by atoms with Crippen molar-refractivity contribution in [1.82, 2.24) is 9.78 Å². The van der Waals surface area contributed by atoms with Crippen LogP contribution in [0.15, 0.2) is 72.8 Å². The van der Waals surface area contributed by atoms with Gasteiger partial charge in [-0.1, -0.05) is 54.1 Å². The van der Waals surface area contributed by atoms with Crippen LogP contribution in [0.2, 0.25) is 5.02 Å². The summed E-state index contributed by atoms with van der Waals surface area (Å²) >= 11 is 5.84. The molecular formula is C26H20ClFN2O5. The van der Waals surface area contributed by atoms with Gasteiger partial charge in [0.2, 0.25) is 0 Å². The molecule has 4 rings (SSSR count). The monoisotopic (exact) mass is 494 g/mol. The summed E-state index contributed by atoms with van der Waals surface area (Å²) < 4.78 is 31.2. The summed E-state index contributed by atoms with van der Waals surface area (Å²) in [5.41, 5.74) is 1.39. The van der Waals surface area contributed by atoms with E-state index in [-0.39, 0.29) is 28.6 Å². The van der Waals surface area contributed by atoms with Crippen LogP contribution >= 0.6 is 11.6 Å². The van der Waals surface area contributed by atoms with Crippen molar-refractivity contribution < 1.29 is 28.2 Å². The van der Waals surface area contributed by atoms with Crippen LogP contribution in [0.5, 0.6) is 5.75 Å². The van der Waals surface area contributed by atoms with E-state index in [2.05, 4.69) is 5.10 Å². The van der Waals surface area contributed by atoms with E-state index in [1.165, 1.54) is 25.0 Å². The Morgan fingerprint density at radius 3 is 2.37 bits per heavy atom. The number of esters is 2. The highest BCUT2D eigenvalue weighted by Crippen LogP contribution is 2.31. The number of benzene rings is 3. The Morgan fingerprint density at radius 1 is 0.943 bits per heavy atom. The predicted molar refractivity (Wildman–Crippen MR) is 127 cm³/mol. The van der Waals surface area contributed by atoms with Gasteiger partial charge >= 0.3 is 11.9 Å². The molecule has 0 N–H and O–H groups in total.